The summed E-state index contributed by atoms with van der Waals surface area (Å²) in [6.45, 7) is -0.0131. The highest BCUT2D eigenvalue weighted by Crippen LogP contribution is 2.36. The first kappa shape index (κ1) is 15.2. The minimum Gasteiger partial charge on any atom is -0.493 e. The summed E-state index contributed by atoms with van der Waals surface area (Å²) in [5.41, 5.74) is 0. The molecule has 0 N–H and O–H groups in total. The van der Waals surface area contributed by atoms with Crippen molar-refractivity contribution in [3.05, 3.63) is 18.2 Å². The second-order valence-electron chi connectivity index (χ2n) is 3.64. The Morgan fingerprint density at radius 3 is 2.26 bits per heavy atom. The molecule has 0 aliphatic carbocycles. The molecule has 104 valence electrons. The van der Waals surface area contributed by atoms with Crippen LogP contribution in [0.1, 0.15) is 0 Å². The number of hydrogen-bond donors (Lipinski definition) is 0. The minimum absolute atomic E-state index is 0.0131. The molecular weight excluding hydrogens is 268 g/mol. The van der Waals surface area contributed by atoms with E-state index in [0.29, 0.717) is 17.2 Å². The molecule has 0 saturated heterocycles. The van der Waals surface area contributed by atoms with Crippen LogP contribution in [-0.2, 0) is 9.84 Å². The summed E-state index contributed by atoms with van der Waals surface area (Å²) in [4.78, 5) is 0. The largest absolute Gasteiger partial charge is 0.493 e. The Balaban J connectivity index is 2.75. The Labute approximate surface area is 113 Å². The van der Waals surface area contributed by atoms with Crippen molar-refractivity contribution in [3.8, 4) is 29.6 Å². The minimum atomic E-state index is -3.28. The summed E-state index contributed by atoms with van der Waals surface area (Å²) >= 11 is 0. The van der Waals surface area contributed by atoms with Crippen LogP contribution in [0.5, 0.6) is 17.2 Å². The van der Waals surface area contributed by atoms with Crippen molar-refractivity contribution in [2.45, 2.75) is 0 Å². The van der Waals surface area contributed by atoms with Gasteiger partial charge in [0, 0.05) is 0 Å². The highest BCUT2D eigenvalue weighted by molar-refractivity contribution is 7.91. The zero-order valence-corrected chi connectivity index (χ0v) is 11.7. The van der Waals surface area contributed by atoms with Gasteiger partial charge in [0.05, 0.1) is 20.0 Å². The molecule has 1 aromatic carbocycles. The molecule has 1 rings (SSSR count). The van der Waals surface area contributed by atoms with Crippen LogP contribution in [0.2, 0.25) is 0 Å². The van der Waals surface area contributed by atoms with E-state index in [2.05, 4.69) is 5.92 Å². The quantitative estimate of drug-likeness (QED) is 0.702. The molecule has 0 fully saturated rings. The van der Waals surface area contributed by atoms with Crippen LogP contribution in [0.15, 0.2) is 18.2 Å². The van der Waals surface area contributed by atoms with Crippen LogP contribution in [0.3, 0.4) is 0 Å². The molecule has 1 aromatic rings. The van der Waals surface area contributed by atoms with E-state index < -0.39 is 9.84 Å². The molecule has 19 heavy (non-hydrogen) atoms. The third-order valence-corrected chi connectivity index (χ3v) is 3.72. The Kier molecular flexibility index (Phi) is 5.52. The summed E-state index contributed by atoms with van der Waals surface area (Å²) in [6, 6.07) is 5.15. The van der Waals surface area contributed by atoms with Gasteiger partial charge in [-0.2, -0.15) is 0 Å². The maximum Gasteiger partial charge on any atom is 0.203 e. The molecule has 0 heterocycles. The molecular formula is C13H16O5S. The van der Waals surface area contributed by atoms with Crippen LogP contribution in [-0.4, -0.2) is 40.7 Å². The van der Waals surface area contributed by atoms with Crippen molar-refractivity contribution in [1.82, 2.24) is 0 Å². The standard InChI is InChI=1S/C13H16O5S/c1-4-9-19(14,15)10-8-18-13-11(16-2)6-5-7-12(13)17-3/h1,5-7H,8-10H2,2-3H3. The molecule has 0 aromatic heterocycles. The van der Waals surface area contributed by atoms with Crippen molar-refractivity contribution in [1.29, 1.82) is 0 Å². The Morgan fingerprint density at radius 2 is 1.79 bits per heavy atom. The number of terminal acetylenes is 1. The van der Waals surface area contributed by atoms with E-state index in [4.69, 9.17) is 20.6 Å². The van der Waals surface area contributed by atoms with Gasteiger partial charge in [0.1, 0.15) is 12.4 Å². The molecule has 0 bridgehead atoms. The first-order valence-corrected chi connectivity index (χ1v) is 7.34. The number of rotatable bonds is 7. The maximum atomic E-state index is 11.4. The lowest BCUT2D eigenvalue weighted by Crippen LogP contribution is -2.16. The zero-order valence-electron chi connectivity index (χ0n) is 10.9. The average Bonchev–Trinajstić information content (AvgIpc) is 2.38. The van der Waals surface area contributed by atoms with Gasteiger partial charge in [0.2, 0.25) is 5.75 Å². The van der Waals surface area contributed by atoms with Gasteiger partial charge in [-0.3, -0.25) is 0 Å². The lowest BCUT2D eigenvalue weighted by molar-refractivity contribution is 0.289. The van der Waals surface area contributed by atoms with Crippen molar-refractivity contribution in [2.24, 2.45) is 0 Å². The smallest absolute Gasteiger partial charge is 0.203 e. The van der Waals surface area contributed by atoms with Crippen LogP contribution < -0.4 is 14.2 Å². The lowest BCUT2D eigenvalue weighted by Gasteiger charge is -2.13. The monoisotopic (exact) mass is 284 g/mol. The summed E-state index contributed by atoms with van der Waals surface area (Å²) < 4.78 is 38.6. The van der Waals surface area contributed by atoms with Gasteiger partial charge >= 0.3 is 0 Å². The Bertz CT molecular complexity index is 535. The Hall–Kier alpha value is -1.87. The number of para-hydroxylation sites is 1. The summed E-state index contributed by atoms with van der Waals surface area (Å²) in [5, 5.41) is 0. The van der Waals surface area contributed by atoms with Crippen molar-refractivity contribution < 1.29 is 22.6 Å². The van der Waals surface area contributed by atoms with Crippen LogP contribution in [0, 0.1) is 12.3 Å². The first-order chi connectivity index (χ1) is 9.04. The summed E-state index contributed by atoms with van der Waals surface area (Å²) in [6.07, 6.45) is 4.98. The number of sulfone groups is 1. The van der Waals surface area contributed by atoms with E-state index in [1.54, 1.807) is 18.2 Å². The van der Waals surface area contributed by atoms with Gasteiger partial charge < -0.3 is 14.2 Å². The van der Waals surface area contributed by atoms with Crippen molar-refractivity contribution in [2.75, 3.05) is 32.3 Å². The number of methoxy groups -OCH3 is 2. The molecule has 0 spiro atoms. The predicted molar refractivity (Wildman–Crippen MR) is 72.5 cm³/mol. The van der Waals surface area contributed by atoms with E-state index >= 15 is 0 Å². The highest BCUT2D eigenvalue weighted by Gasteiger charge is 2.14. The third-order valence-electron chi connectivity index (χ3n) is 2.33. The van der Waals surface area contributed by atoms with Gasteiger partial charge in [-0.05, 0) is 12.1 Å². The second kappa shape index (κ2) is 6.90. The lowest BCUT2D eigenvalue weighted by atomic mass is 10.3. The van der Waals surface area contributed by atoms with E-state index in [1.807, 2.05) is 0 Å². The molecule has 6 heteroatoms. The maximum absolute atomic E-state index is 11.4. The molecule has 0 atom stereocenters. The number of ether oxygens (including phenoxy) is 3. The van der Waals surface area contributed by atoms with Crippen molar-refractivity contribution >= 4 is 9.84 Å². The van der Waals surface area contributed by atoms with E-state index in [0.717, 1.165) is 0 Å². The highest BCUT2D eigenvalue weighted by atomic mass is 32.2. The molecule has 0 saturated carbocycles. The third kappa shape index (κ3) is 4.38. The fraction of sp³-hybridized carbons (Fsp3) is 0.385. The number of benzene rings is 1. The van der Waals surface area contributed by atoms with Gasteiger partial charge in [-0.25, -0.2) is 8.42 Å². The molecule has 0 radical (unpaired) electrons. The fourth-order valence-electron chi connectivity index (χ4n) is 1.43. The summed E-state index contributed by atoms with van der Waals surface area (Å²) in [5.74, 6) is 3.00. The first-order valence-electron chi connectivity index (χ1n) is 5.51. The van der Waals surface area contributed by atoms with E-state index in [1.165, 1.54) is 14.2 Å². The van der Waals surface area contributed by atoms with E-state index in [-0.39, 0.29) is 18.1 Å². The zero-order chi connectivity index (χ0) is 14.3. The SMILES string of the molecule is C#CCS(=O)(=O)CCOc1c(OC)cccc1OC. The van der Waals surface area contributed by atoms with Crippen LogP contribution in [0.25, 0.3) is 0 Å². The molecule has 0 aliphatic rings. The van der Waals surface area contributed by atoms with Gasteiger partial charge in [-0.15, -0.1) is 6.42 Å². The molecule has 0 unspecified atom stereocenters. The van der Waals surface area contributed by atoms with Crippen molar-refractivity contribution in [3.63, 3.8) is 0 Å². The molecule has 0 amide bonds. The normalized spacial score (nSPS) is 10.6. The topological polar surface area (TPSA) is 61.8 Å². The van der Waals surface area contributed by atoms with Crippen LogP contribution >= 0.6 is 0 Å². The van der Waals surface area contributed by atoms with Crippen LogP contribution in [0.4, 0.5) is 0 Å². The fourth-order valence-corrected chi connectivity index (χ4v) is 2.16. The average molecular weight is 284 g/mol. The summed E-state index contributed by atoms with van der Waals surface area (Å²) in [7, 11) is -0.290. The molecule has 5 nitrogen and oxygen atoms in total. The Morgan fingerprint density at radius 1 is 1.21 bits per heavy atom. The van der Waals surface area contributed by atoms with Gasteiger partial charge in [0.15, 0.2) is 21.3 Å². The van der Waals surface area contributed by atoms with Gasteiger partial charge in [-0.1, -0.05) is 12.0 Å². The van der Waals surface area contributed by atoms with Gasteiger partial charge in [0.25, 0.3) is 0 Å². The predicted octanol–water partition coefficient (Wildman–Crippen LogP) is 1.13. The molecule has 0 aliphatic heterocycles. The second-order valence-corrected chi connectivity index (χ2v) is 5.82. The number of hydrogen-bond acceptors (Lipinski definition) is 5. The van der Waals surface area contributed by atoms with E-state index in [9.17, 15) is 8.42 Å².